The first-order valence-electron chi connectivity index (χ1n) is 9.20. The molecular formula is C19H23F3IN7S. The first-order chi connectivity index (χ1) is 14.2. The minimum atomic E-state index is -4.45. The van der Waals surface area contributed by atoms with Crippen molar-refractivity contribution in [2.24, 2.45) is 12.0 Å². The van der Waals surface area contributed by atoms with Crippen LogP contribution in [0.4, 0.5) is 13.2 Å². The number of hydrogen-bond donors (Lipinski definition) is 2. The summed E-state index contributed by atoms with van der Waals surface area (Å²) in [5.74, 6) is 1.88. The van der Waals surface area contributed by atoms with Crippen molar-refractivity contribution < 1.29 is 13.2 Å². The highest BCUT2D eigenvalue weighted by Crippen LogP contribution is 2.29. The van der Waals surface area contributed by atoms with Gasteiger partial charge in [0, 0.05) is 12.4 Å². The summed E-state index contributed by atoms with van der Waals surface area (Å²) < 4.78 is 40.2. The number of halogens is 4. The van der Waals surface area contributed by atoms with Crippen molar-refractivity contribution in [2.75, 3.05) is 0 Å². The second-order valence-electron chi connectivity index (χ2n) is 6.64. The Morgan fingerprint density at radius 1 is 1.23 bits per heavy atom. The summed E-state index contributed by atoms with van der Waals surface area (Å²) in [5, 5.41) is 15.8. The van der Waals surface area contributed by atoms with Crippen LogP contribution in [-0.4, -0.2) is 25.7 Å². The fourth-order valence-corrected chi connectivity index (χ4v) is 3.34. The number of thiazole rings is 1. The molecule has 0 radical (unpaired) electrons. The van der Waals surface area contributed by atoms with Gasteiger partial charge in [0.2, 0.25) is 0 Å². The smallest absolute Gasteiger partial charge is 0.350 e. The lowest BCUT2D eigenvalue weighted by Crippen LogP contribution is -2.38. The highest BCUT2D eigenvalue weighted by molar-refractivity contribution is 14.0. The third kappa shape index (κ3) is 6.89. The largest absolute Gasteiger partial charge is 0.434 e. The molecule has 0 spiro atoms. The lowest BCUT2D eigenvalue weighted by Gasteiger charge is -2.18. The molecular weight excluding hydrogens is 542 g/mol. The summed E-state index contributed by atoms with van der Waals surface area (Å²) in [4.78, 5) is 8.18. The Morgan fingerprint density at radius 3 is 2.52 bits per heavy atom. The predicted molar refractivity (Wildman–Crippen MR) is 124 cm³/mol. The van der Waals surface area contributed by atoms with Crippen molar-refractivity contribution in [1.82, 2.24) is 30.4 Å². The lowest BCUT2D eigenvalue weighted by molar-refractivity contribution is -0.140. The fraction of sp³-hybridized carbons (Fsp3) is 0.368. The number of alkyl halides is 3. The molecule has 7 nitrogen and oxygen atoms in total. The Bertz CT molecular complexity index is 1000. The predicted octanol–water partition coefficient (Wildman–Crippen LogP) is 4.21. The molecule has 0 bridgehead atoms. The van der Waals surface area contributed by atoms with Crippen molar-refractivity contribution >= 4 is 41.3 Å². The Hall–Kier alpha value is -2.22. The molecule has 0 aliphatic heterocycles. The minimum Gasteiger partial charge on any atom is -0.350 e. The molecule has 0 amide bonds. The number of benzene rings is 1. The van der Waals surface area contributed by atoms with E-state index in [2.05, 4.69) is 30.8 Å². The highest BCUT2D eigenvalue weighted by atomic mass is 127. The molecule has 3 rings (SSSR count). The molecule has 0 saturated heterocycles. The number of rotatable bonds is 6. The van der Waals surface area contributed by atoms with Crippen molar-refractivity contribution in [1.29, 1.82) is 0 Å². The third-order valence-corrected chi connectivity index (χ3v) is 5.31. The van der Waals surface area contributed by atoms with E-state index in [1.165, 1.54) is 0 Å². The van der Waals surface area contributed by atoms with Gasteiger partial charge in [-0.05, 0) is 19.4 Å². The normalized spacial score (nSPS) is 12.9. The second kappa shape index (κ2) is 10.9. The molecule has 1 aromatic carbocycles. The number of aryl methyl sites for hydroxylation is 1. The fourth-order valence-electron chi connectivity index (χ4n) is 2.60. The number of nitrogens with one attached hydrogen (secondary N) is 2. The van der Waals surface area contributed by atoms with E-state index in [0.717, 1.165) is 28.1 Å². The van der Waals surface area contributed by atoms with Crippen molar-refractivity contribution in [2.45, 2.75) is 39.2 Å². The molecule has 1 atom stereocenters. The zero-order valence-corrected chi connectivity index (χ0v) is 20.3. The number of guanidine groups is 1. The van der Waals surface area contributed by atoms with E-state index in [1.807, 2.05) is 55.8 Å². The van der Waals surface area contributed by atoms with Gasteiger partial charge in [0.15, 0.2) is 17.5 Å². The van der Waals surface area contributed by atoms with E-state index in [4.69, 9.17) is 0 Å². The van der Waals surface area contributed by atoms with Crippen LogP contribution in [0, 0.1) is 6.92 Å². The van der Waals surface area contributed by atoms with Gasteiger partial charge in [0.25, 0.3) is 0 Å². The average Bonchev–Trinajstić information content (AvgIpc) is 3.32. The molecule has 0 aliphatic rings. The average molecular weight is 565 g/mol. The third-order valence-electron chi connectivity index (χ3n) is 4.46. The summed E-state index contributed by atoms with van der Waals surface area (Å²) in [6.07, 6.45) is -4.45. The summed E-state index contributed by atoms with van der Waals surface area (Å²) in [6.45, 7) is 4.20. The molecule has 2 heterocycles. The summed E-state index contributed by atoms with van der Waals surface area (Å²) in [7, 11) is 1.85. The van der Waals surface area contributed by atoms with Crippen molar-refractivity contribution in [3.63, 3.8) is 0 Å². The molecule has 0 aliphatic carbocycles. The van der Waals surface area contributed by atoms with E-state index in [9.17, 15) is 13.2 Å². The topological polar surface area (TPSA) is 80.0 Å². The second-order valence-corrected chi connectivity index (χ2v) is 7.58. The van der Waals surface area contributed by atoms with Gasteiger partial charge in [-0.25, -0.2) is 9.98 Å². The summed E-state index contributed by atoms with van der Waals surface area (Å²) >= 11 is 0.951. The number of aromatic nitrogens is 4. The molecule has 0 saturated carbocycles. The van der Waals surface area contributed by atoms with Crippen LogP contribution in [0.5, 0.6) is 0 Å². The summed E-state index contributed by atoms with van der Waals surface area (Å²) in [6, 6.07) is 9.71. The molecule has 0 fully saturated rings. The SMILES string of the molecule is Cc1nnc(CN=C(NCc2nc(C(F)(F)F)cs2)NC(C)c2ccccc2)n1C.I. The van der Waals surface area contributed by atoms with Gasteiger partial charge in [-0.3, -0.25) is 0 Å². The Kier molecular flexibility index (Phi) is 8.79. The maximum atomic E-state index is 12.8. The van der Waals surface area contributed by atoms with E-state index in [-0.39, 0.29) is 43.1 Å². The molecule has 2 N–H and O–H groups in total. The Balaban J connectivity index is 0.00000341. The number of aliphatic imine (C=N–C) groups is 1. The van der Waals surface area contributed by atoms with E-state index < -0.39 is 11.9 Å². The van der Waals surface area contributed by atoms with Crippen LogP contribution in [0.2, 0.25) is 0 Å². The first kappa shape index (κ1) is 25.0. The van der Waals surface area contributed by atoms with E-state index in [1.54, 1.807) is 0 Å². The molecule has 1 unspecified atom stereocenters. The number of hydrogen-bond acceptors (Lipinski definition) is 5. The van der Waals surface area contributed by atoms with Gasteiger partial charge in [-0.2, -0.15) is 13.2 Å². The van der Waals surface area contributed by atoms with Crippen LogP contribution in [0.3, 0.4) is 0 Å². The standard InChI is InChI=1S/C19H22F3N7S.HI/c1-12(14-7-5-4-6-8-14)25-18(23-9-16-28-27-13(2)29(16)3)24-10-17-26-15(11-30-17)19(20,21)22;/h4-8,11-12H,9-10H2,1-3H3,(H2,23,24,25);1H. The van der Waals surface area contributed by atoms with Gasteiger partial charge in [0.05, 0.1) is 12.6 Å². The van der Waals surface area contributed by atoms with Gasteiger partial charge in [-0.1, -0.05) is 30.3 Å². The van der Waals surface area contributed by atoms with Gasteiger partial charge in [0.1, 0.15) is 17.4 Å². The lowest BCUT2D eigenvalue weighted by atomic mass is 10.1. The monoisotopic (exact) mass is 565 g/mol. The van der Waals surface area contributed by atoms with Crippen molar-refractivity contribution in [3.05, 3.63) is 63.6 Å². The molecule has 31 heavy (non-hydrogen) atoms. The van der Waals surface area contributed by atoms with Crippen molar-refractivity contribution in [3.8, 4) is 0 Å². The summed E-state index contributed by atoms with van der Waals surface area (Å²) in [5.41, 5.74) is 0.165. The Morgan fingerprint density at radius 2 is 1.94 bits per heavy atom. The van der Waals surface area contributed by atoms with Crippen LogP contribution >= 0.6 is 35.3 Å². The molecule has 3 aromatic rings. The minimum absolute atomic E-state index is 0. The van der Waals surface area contributed by atoms with Crippen LogP contribution < -0.4 is 10.6 Å². The molecule has 2 aromatic heterocycles. The van der Waals surface area contributed by atoms with Crippen LogP contribution in [0.1, 0.15) is 40.9 Å². The van der Waals surface area contributed by atoms with E-state index >= 15 is 0 Å². The van der Waals surface area contributed by atoms with Crippen LogP contribution in [0.25, 0.3) is 0 Å². The zero-order chi connectivity index (χ0) is 21.7. The van der Waals surface area contributed by atoms with Gasteiger partial charge >= 0.3 is 6.18 Å². The molecule has 168 valence electrons. The quantitative estimate of drug-likeness (QED) is 0.266. The molecule has 12 heteroatoms. The van der Waals surface area contributed by atoms with Crippen LogP contribution in [0.15, 0.2) is 40.7 Å². The zero-order valence-electron chi connectivity index (χ0n) is 17.1. The highest BCUT2D eigenvalue weighted by Gasteiger charge is 2.33. The maximum absolute atomic E-state index is 12.8. The van der Waals surface area contributed by atoms with Gasteiger partial charge < -0.3 is 15.2 Å². The van der Waals surface area contributed by atoms with Crippen LogP contribution in [-0.2, 0) is 26.3 Å². The Labute approximate surface area is 199 Å². The van der Waals surface area contributed by atoms with Gasteiger partial charge in [-0.15, -0.1) is 45.5 Å². The first-order valence-corrected chi connectivity index (χ1v) is 10.1. The number of nitrogens with zero attached hydrogens (tertiary/aromatic N) is 5. The maximum Gasteiger partial charge on any atom is 0.434 e. The van der Waals surface area contributed by atoms with E-state index in [0.29, 0.717) is 16.8 Å².